The molecule has 37 heavy (non-hydrogen) atoms. The zero-order chi connectivity index (χ0) is 26.5. The molecule has 0 atom stereocenters. The van der Waals surface area contributed by atoms with Crippen molar-refractivity contribution in [2.24, 2.45) is 5.10 Å². The van der Waals surface area contributed by atoms with Gasteiger partial charge in [-0.2, -0.15) is 9.78 Å². The van der Waals surface area contributed by atoms with Crippen LogP contribution in [0.25, 0.3) is 22.3 Å². The molecule has 0 aliphatic carbocycles. The lowest BCUT2D eigenvalue weighted by Gasteiger charge is -2.18. The Morgan fingerprint density at radius 3 is 2.41 bits per heavy atom. The SMILES string of the molecule is CCOc1ccc(C=Nn2c(-c3cc(C(C)C)c(OCC)cc3C)nc3ccccc3c2=O)cc1OC. The van der Waals surface area contributed by atoms with Crippen LogP contribution < -0.4 is 19.8 Å². The Bertz CT molecular complexity index is 1510. The van der Waals surface area contributed by atoms with E-state index in [1.54, 1.807) is 19.4 Å². The Morgan fingerprint density at radius 1 is 0.973 bits per heavy atom. The predicted molar refractivity (Wildman–Crippen MR) is 149 cm³/mol. The maximum atomic E-state index is 13.6. The molecule has 0 fully saturated rings. The van der Waals surface area contributed by atoms with Gasteiger partial charge in [-0.3, -0.25) is 4.79 Å². The second-order valence-corrected chi connectivity index (χ2v) is 8.95. The molecule has 7 nitrogen and oxygen atoms in total. The number of para-hydroxylation sites is 1. The van der Waals surface area contributed by atoms with Crippen LogP contribution in [0, 0.1) is 6.92 Å². The smallest absolute Gasteiger partial charge is 0.282 e. The number of rotatable bonds is 9. The first-order valence-electron chi connectivity index (χ1n) is 12.5. The Morgan fingerprint density at radius 2 is 1.70 bits per heavy atom. The van der Waals surface area contributed by atoms with E-state index in [4.69, 9.17) is 19.2 Å². The van der Waals surface area contributed by atoms with Crippen LogP contribution >= 0.6 is 0 Å². The van der Waals surface area contributed by atoms with Gasteiger partial charge in [-0.15, -0.1) is 0 Å². The van der Waals surface area contributed by atoms with Crippen LogP contribution in [-0.4, -0.2) is 36.2 Å². The van der Waals surface area contributed by atoms with Crippen LogP contribution in [0.15, 0.2) is 64.5 Å². The van der Waals surface area contributed by atoms with Crippen molar-refractivity contribution in [3.05, 3.63) is 81.6 Å². The molecule has 0 aliphatic rings. The van der Waals surface area contributed by atoms with Gasteiger partial charge < -0.3 is 14.2 Å². The minimum atomic E-state index is -0.242. The van der Waals surface area contributed by atoms with Gasteiger partial charge in [0.25, 0.3) is 5.56 Å². The predicted octanol–water partition coefficient (Wildman–Crippen LogP) is 6.18. The molecule has 0 unspecified atom stereocenters. The molecule has 0 spiro atoms. The van der Waals surface area contributed by atoms with Crippen LogP contribution in [0.4, 0.5) is 0 Å². The van der Waals surface area contributed by atoms with Crippen molar-refractivity contribution in [1.29, 1.82) is 0 Å². The molecule has 1 heterocycles. The standard InChI is InChI=1S/C30H33N3O4/c1-7-36-26-14-13-21(16-28(26)35-6)18-31-33-29(32-25-12-10-9-11-22(25)30(33)34)24-17-23(19(3)4)27(37-8-2)15-20(24)5/h9-19H,7-8H2,1-6H3. The van der Waals surface area contributed by atoms with Crippen molar-refractivity contribution in [2.45, 2.75) is 40.5 Å². The van der Waals surface area contributed by atoms with Gasteiger partial charge in [0.05, 0.1) is 37.4 Å². The van der Waals surface area contributed by atoms with Crippen molar-refractivity contribution in [3.63, 3.8) is 0 Å². The number of hydrogen-bond acceptors (Lipinski definition) is 6. The first-order chi connectivity index (χ1) is 17.9. The van der Waals surface area contributed by atoms with E-state index in [0.29, 0.717) is 41.4 Å². The summed E-state index contributed by atoms with van der Waals surface area (Å²) in [5.74, 6) is 2.79. The highest BCUT2D eigenvalue weighted by atomic mass is 16.5. The van der Waals surface area contributed by atoms with E-state index in [0.717, 1.165) is 28.0 Å². The quantitative estimate of drug-likeness (QED) is 0.257. The van der Waals surface area contributed by atoms with Crippen LogP contribution in [-0.2, 0) is 0 Å². The lowest BCUT2D eigenvalue weighted by atomic mass is 9.96. The molecule has 0 N–H and O–H groups in total. The number of methoxy groups -OCH3 is 1. The molecule has 0 aliphatic heterocycles. The zero-order valence-electron chi connectivity index (χ0n) is 22.2. The van der Waals surface area contributed by atoms with Crippen LogP contribution in [0.5, 0.6) is 17.2 Å². The summed E-state index contributed by atoms with van der Waals surface area (Å²) < 4.78 is 18.4. The molecule has 0 saturated heterocycles. The average Bonchev–Trinajstić information content (AvgIpc) is 2.89. The Hall–Kier alpha value is -4.13. The fourth-order valence-electron chi connectivity index (χ4n) is 4.24. The van der Waals surface area contributed by atoms with E-state index in [1.165, 1.54) is 4.68 Å². The highest BCUT2D eigenvalue weighted by molar-refractivity contribution is 5.83. The molecular weight excluding hydrogens is 466 g/mol. The summed E-state index contributed by atoms with van der Waals surface area (Å²) in [7, 11) is 1.59. The van der Waals surface area contributed by atoms with Crippen molar-refractivity contribution in [3.8, 4) is 28.6 Å². The summed E-state index contributed by atoms with van der Waals surface area (Å²) in [6.07, 6.45) is 1.63. The van der Waals surface area contributed by atoms with Crippen LogP contribution in [0.3, 0.4) is 0 Å². The van der Waals surface area contributed by atoms with E-state index in [1.807, 2.05) is 63.2 Å². The summed E-state index contributed by atoms with van der Waals surface area (Å²) in [5.41, 5.74) is 3.97. The molecular formula is C30H33N3O4. The molecule has 192 valence electrons. The topological polar surface area (TPSA) is 74.9 Å². The third-order valence-corrected chi connectivity index (χ3v) is 6.08. The van der Waals surface area contributed by atoms with Crippen molar-refractivity contribution in [2.75, 3.05) is 20.3 Å². The molecule has 0 radical (unpaired) electrons. The number of aromatic nitrogens is 2. The summed E-state index contributed by atoms with van der Waals surface area (Å²) in [4.78, 5) is 18.5. The van der Waals surface area contributed by atoms with E-state index in [-0.39, 0.29) is 11.5 Å². The van der Waals surface area contributed by atoms with Crippen LogP contribution in [0.2, 0.25) is 0 Å². The van der Waals surface area contributed by atoms with E-state index in [2.05, 4.69) is 25.0 Å². The summed E-state index contributed by atoms with van der Waals surface area (Å²) in [6.45, 7) is 11.2. The fraction of sp³-hybridized carbons (Fsp3) is 0.300. The fourth-order valence-corrected chi connectivity index (χ4v) is 4.24. The lowest BCUT2D eigenvalue weighted by molar-refractivity contribution is 0.311. The van der Waals surface area contributed by atoms with Gasteiger partial charge in [-0.05, 0) is 85.8 Å². The molecule has 7 heteroatoms. The average molecular weight is 500 g/mol. The maximum Gasteiger partial charge on any atom is 0.282 e. The zero-order valence-corrected chi connectivity index (χ0v) is 22.2. The van der Waals surface area contributed by atoms with E-state index >= 15 is 0 Å². The Labute approximate surface area is 217 Å². The number of aryl methyl sites for hydroxylation is 1. The molecule has 4 aromatic rings. The maximum absolute atomic E-state index is 13.6. The third kappa shape index (κ3) is 5.35. The molecule has 0 saturated carbocycles. The third-order valence-electron chi connectivity index (χ3n) is 6.08. The number of fused-ring (bicyclic) bond motifs is 1. The molecule has 3 aromatic carbocycles. The molecule has 4 rings (SSSR count). The van der Waals surface area contributed by atoms with E-state index < -0.39 is 0 Å². The van der Waals surface area contributed by atoms with E-state index in [9.17, 15) is 4.79 Å². The largest absolute Gasteiger partial charge is 0.494 e. The van der Waals surface area contributed by atoms with Gasteiger partial charge in [-0.1, -0.05) is 26.0 Å². The number of ether oxygens (including phenoxy) is 3. The summed E-state index contributed by atoms with van der Waals surface area (Å²) >= 11 is 0. The van der Waals surface area contributed by atoms with Gasteiger partial charge in [0.15, 0.2) is 17.3 Å². The monoisotopic (exact) mass is 499 g/mol. The van der Waals surface area contributed by atoms with Crippen molar-refractivity contribution < 1.29 is 14.2 Å². The lowest BCUT2D eigenvalue weighted by Crippen LogP contribution is -2.21. The number of nitrogens with zero attached hydrogens (tertiary/aromatic N) is 3. The number of benzene rings is 3. The normalized spacial score (nSPS) is 11.4. The minimum Gasteiger partial charge on any atom is -0.494 e. The van der Waals surface area contributed by atoms with Gasteiger partial charge in [0.2, 0.25) is 0 Å². The first kappa shape index (κ1) is 25.9. The van der Waals surface area contributed by atoms with Crippen LogP contribution in [0.1, 0.15) is 50.3 Å². The Balaban J connectivity index is 1.92. The first-order valence-corrected chi connectivity index (χ1v) is 12.5. The molecule has 0 amide bonds. The summed E-state index contributed by atoms with van der Waals surface area (Å²) in [6, 6.07) is 16.9. The second kappa shape index (κ2) is 11.3. The number of hydrogen-bond donors (Lipinski definition) is 0. The van der Waals surface area contributed by atoms with Gasteiger partial charge in [-0.25, -0.2) is 4.98 Å². The second-order valence-electron chi connectivity index (χ2n) is 8.95. The molecule has 1 aromatic heterocycles. The molecule has 0 bridgehead atoms. The van der Waals surface area contributed by atoms with Gasteiger partial charge >= 0.3 is 0 Å². The highest BCUT2D eigenvalue weighted by Crippen LogP contribution is 2.34. The summed E-state index contributed by atoms with van der Waals surface area (Å²) in [5, 5.41) is 5.12. The Kier molecular flexibility index (Phi) is 7.92. The van der Waals surface area contributed by atoms with Gasteiger partial charge in [0, 0.05) is 5.56 Å². The van der Waals surface area contributed by atoms with Gasteiger partial charge in [0.1, 0.15) is 5.75 Å². The highest BCUT2D eigenvalue weighted by Gasteiger charge is 2.18. The van der Waals surface area contributed by atoms with Crippen molar-refractivity contribution in [1.82, 2.24) is 9.66 Å². The van der Waals surface area contributed by atoms with Crippen molar-refractivity contribution >= 4 is 17.1 Å². The minimum absolute atomic E-state index is 0.223.